The maximum atomic E-state index is 12.8. The zero-order valence-electron chi connectivity index (χ0n) is 17.2. The van der Waals surface area contributed by atoms with Crippen molar-refractivity contribution in [2.24, 2.45) is 0 Å². The number of aryl methyl sites for hydroxylation is 2. The van der Waals surface area contributed by atoms with Crippen LogP contribution in [0.25, 0.3) is 21.3 Å². The van der Waals surface area contributed by atoms with Crippen molar-refractivity contribution in [2.75, 3.05) is 5.32 Å². The Morgan fingerprint density at radius 3 is 2.68 bits per heavy atom. The van der Waals surface area contributed by atoms with E-state index in [9.17, 15) is 9.59 Å². The summed E-state index contributed by atoms with van der Waals surface area (Å²) in [6.07, 6.45) is 0. The monoisotopic (exact) mass is 469 g/mol. The van der Waals surface area contributed by atoms with Crippen molar-refractivity contribution in [3.05, 3.63) is 74.3 Å². The maximum Gasteiger partial charge on any atom is 0.260 e. The summed E-state index contributed by atoms with van der Waals surface area (Å²) in [6, 6.07) is 13.4. The van der Waals surface area contributed by atoms with Crippen LogP contribution in [0, 0.1) is 13.8 Å². The number of rotatable bonds is 5. The molecule has 2 aromatic heterocycles. The van der Waals surface area contributed by atoms with Crippen LogP contribution in [-0.2, 0) is 4.79 Å². The maximum absolute atomic E-state index is 12.8. The number of carbonyl (C=O) groups is 1. The molecule has 1 amide bonds. The third kappa shape index (κ3) is 4.69. The molecule has 4 rings (SSSR count). The number of H-pyrrole nitrogens is 1. The lowest BCUT2D eigenvalue weighted by molar-refractivity contribution is -0.115. The molecule has 0 saturated carbocycles. The molecule has 0 fully saturated rings. The van der Waals surface area contributed by atoms with Gasteiger partial charge in [-0.2, -0.15) is 0 Å². The Kier molecular flexibility index (Phi) is 6.18. The van der Waals surface area contributed by atoms with E-state index in [1.807, 2.05) is 49.6 Å². The predicted octanol–water partition coefficient (Wildman–Crippen LogP) is 6.04. The lowest BCUT2D eigenvalue weighted by atomic mass is 10.1. The van der Waals surface area contributed by atoms with Gasteiger partial charge in [0.25, 0.3) is 5.56 Å². The molecule has 1 unspecified atom stereocenters. The number of fused-ring (bicyclic) bond motifs is 1. The minimum Gasteiger partial charge on any atom is -0.325 e. The highest BCUT2D eigenvalue weighted by atomic mass is 35.5. The Bertz CT molecular complexity index is 1330. The highest BCUT2D eigenvalue weighted by Crippen LogP contribution is 2.32. The zero-order chi connectivity index (χ0) is 22.1. The van der Waals surface area contributed by atoms with Crippen molar-refractivity contribution in [1.82, 2.24) is 9.97 Å². The smallest absolute Gasteiger partial charge is 0.260 e. The number of aromatic amines is 1. The summed E-state index contributed by atoms with van der Waals surface area (Å²) in [5.74, 6) is -0.190. The summed E-state index contributed by atoms with van der Waals surface area (Å²) < 4.78 is 0. The number of benzene rings is 2. The standard InChI is InChI=1S/C23H20ClN3O2S2/c1-12-4-7-15(8-5-12)17-11-30-22-19(17)21(29)26-23(27-22)31-14(3)20(28)25-18-10-16(24)9-6-13(18)2/h4-11,14H,1-3H3,(H,25,28)(H,26,27,29). The van der Waals surface area contributed by atoms with Crippen molar-refractivity contribution in [2.45, 2.75) is 31.2 Å². The Morgan fingerprint density at radius 2 is 1.94 bits per heavy atom. The van der Waals surface area contributed by atoms with E-state index in [0.717, 1.165) is 22.3 Å². The van der Waals surface area contributed by atoms with Gasteiger partial charge in [0.2, 0.25) is 5.91 Å². The number of thiophene rings is 1. The van der Waals surface area contributed by atoms with Gasteiger partial charge < -0.3 is 10.3 Å². The largest absolute Gasteiger partial charge is 0.325 e. The number of carbonyl (C=O) groups excluding carboxylic acids is 1. The van der Waals surface area contributed by atoms with Gasteiger partial charge in [-0.3, -0.25) is 9.59 Å². The number of hydrogen-bond donors (Lipinski definition) is 2. The van der Waals surface area contributed by atoms with Crippen molar-refractivity contribution in [3.8, 4) is 11.1 Å². The van der Waals surface area contributed by atoms with Gasteiger partial charge in [-0.05, 0) is 44.0 Å². The van der Waals surface area contributed by atoms with Crippen molar-refractivity contribution < 1.29 is 4.79 Å². The summed E-state index contributed by atoms with van der Waals surface area (Å²) in [6.45, 7) is 5.70. The van der Waals surface area contributed by atoms with Crippen LogP contribution in [0.1, 0.15) is 18.1 Å². The molecule has 2 heterocycles. The fourth-order valence-electron chi connectivity index (χ4n) is 3.11. The minimum atomic E-state index is -0.462. The molecule has 2 aromatic carbocycles. The van der Waals surface area contributed by atoms with Gasteiger partial charge in [0.1, 0.15) is 4.83 Å². The third-order valence-corrected chi connectivity index (χ3v) is 6.99. The van der Waals surface area contributed by atoms with Gasteiger partial charge in [-0.1, -0.05) is 59.3 Å². The third-order valence-electron chi connectivity index (χ3n) is 4.90. The van der Waals surface area contributed by atoms with E-state index in [0.29, 0.717) is 26.1 Å². The quantitative estimate of drug-likeness (QED) is 0.276. The first kappa shape index (κ1) is 21.6. The molecule has 5 nitrogen and oxygen atoms in total. The number of halogens is 1. The SMILES string of the molecule is Cc1ccc(-c2csc3nc(SC(C)C(=O)Nc4cc(Cl)ccc4C)[nH]c(=O)c23)cc1. The van der Waals surface area contributed by atoms with Crippen molar-refractivity contribution >= 4 is 56.5 Å². The van der Waals surface area contributed by atoms with Gasteiger partial charge >= 0.3 is 0 Å². The molecule has 0 saturated heterocycles. The van der Waals surface area contributed by atoms with E-state index in [4.69, 9.17) is 11.6 Å². The molecule has 0 aliphatic rings. The number of nitrogens with one attached hydrogen (secondary N) is 2. The highest BCUT2D eigenvalue weighted by molar-refractivity contribution is 8.00. The number of anilines is 1. The van der Waals surface area contributed by atoms with Crippen LogP contribution < -0.4 is 10.9 Å². The average molecular weight is 470 g/mol. The summed E-state index contributed by atoms with van der Waals surface area (Å²) in [5.41, 5.74) is 4.39. The molecule has 8 heteroatoms. The Balaban J connectivity index is 1.56. The van der Waals surface area contributed by atoms with Crippen LogP contribution in [-0.4, -0.2) is 21.1 Å². The molecule has 2 N–H and O–H groups in total. The van der Waals surface area contributed by atoms with E-state index in [2.05, 4.69) is 15.3 Å². The normalized spacial score (nSPS) is 12.1. The summed E-state index contributed by atoms with van der Waals surface area (Å²) >= 11 is 8.67. The number of hydrogen-bond acceptors (Lipinski definition) is 5. The van der Waals surface area contributed by atoms with Crippen LogP contribution in [0.2, 0.25) is 5.02 Å². The lowest BCUT2D eigenvalue weighted by Crippen LogP contribution is -2.23. The van der Waals surface area contributed by atoms with Gasteiger partial charge in [0.05, 0.1) is 10.6 Å². The Hall–Kier alpha value is -2.61. The Morgan fingerprint density at radius 1 is 1.19 bits per heavy atom. The second kappa shape index (κ2) is 8.86. The Labute approximate surface area is 192 Å². The first-order valence-electron chi connectivity index (χ1n) is 9.64. The topological polar surface area (TPSA) is 74.8 Å². The number of amides is 1. The van der Waals surface area contributed by atoms with Crippen LogP contribution in [0.4, 0.5) is 5.69 Å². The van der Waals surface area contributed by atoms with E-state index < -0.39 is 5.25 Å². The minimum absolute atomic E-state index is 0.190. The highest BCUT2D eigenvalue weighted by Gasteiger charge is 2.19. The molecule has 0 spiro atoms. The number of thioether (sulfide) groups is 1. The second-order valence-corrected chi connectivity index (χ2v) is 9.90. The molecular weight excluding hydrogens is 450 g/mol. The molecule has 0 radical (unpaired) electrons. The molecule has 158 valence electrons. The molecule has 4 aromatic rings. The van der Waals surface area contributed by atoms with Crippen LogP contribution in [0.5, 0.6) is 0 Å². The number of nitrogens with zero attached hydrogens (tertiary/aromatic N) is 1. The van der Waals surface area contributed by atoms with Crippen LogP contribution >= 0.6 is 34.7 Å². The summed E-state index contributed by atoms with van der Waals surface area (Å²) in [7, 11) is 0. The average Bonchev–Trinajstić information content (AvgIpc) is 3.15. The predicted molar refractivity (Wildman–Crippen MR) is 131 cm³/mol. The molecule has 1 atom stereocenters. The molecule has 0 aliphatic heterocycles. The molecular formula is C23H20ClN3O2S2. The summed E-state index contributed by atoms with van der Waals surface area (Å²) in [5, 5.41) is 5.92. The van der Waals surface area contributed by atoms with Gasteiger partial charge in [0, 0.05) is 21.7 Å². The molecule has 0 aliphatic carbocycles. The van der Waals surface area contributed by atoms with Crippen molar-refractivity contribution in [1.29, 1.82) is 0 Å². The van der Waals surface area contributed by atoms with Crippen molar-refractivity contribution in [3.63, 3.8) is 0 Å². The summed E-state index contributed by atoms with van der Waals surface area (Å²) in [4.78, 5) is 33.6. The van der Waals surface area contributed by atoms with Crippen LogP contribution in [0.3, 0.4) is 0 Å². The lowest BCUT2D eigenvalue weighted by Gasteiger charge is -2.13. The molecule has 0 bridgehead atoms. The first-order valence-corrected chi connectivity index (χ1v) is 11.8. The zero-order valence-corrected chi connectivity index (χ0v) is 19.5. The van der Waals surface area contributed by atoms with Gasteiger partial charge in [-0.25, -0.2) is 4.98 Å². The van der Waals surface area contributed by atoms with Crippen LogP contribution in [0.15, 0.2) is 57.8 Å². The fraction of sp³-hybridized carbons (Fsp3) is 0.174. The van der Waals surface area contributed by atoms with E-state index in [1.165, 1.54) is 23.1 Å². The fourth-order valence-corrected chi connectivity index (χ4v) is 5.09. The first-order chi connectivity index (χ1) is 14.8. The van der Waals surface area contributed by atoms with E-state index >= 15 is 0 Å². The van der Waals surface area contributed by atoms with E-state index in [-0.39, 0.29) is 11.5 Å². The van der Waals surface area contributed by atoms with Gasteiger partial charge in [0.15, 0.2) is 5.16 Å². The second-order valence-electron chi connectivity index (χ2n) is 7.28. The van der Waals surface area contributed by atoms with Gasteiger partial charge in [-0.15, -0.1) is 11.3 Å². The van der Waals surface area contributed by atoms with E-state index in [1.54, 1.807) is 19.1 Å². The molecule has 31 heavy (non-hydrogen) atoms. The number of aromatic nitrogens is 2.